The van der Waals surface area contributed by atoms with Crippen molar-refractivity contribution in [3.8, 4) is 33.6 Å². The van der Waals surface area contributed by atoms with Crippen LogP contribution in [0.15, 0.2) is 79.1 Å². The van der Waals surface area contributed by atoms with Gasteiger partial charge in [0.15, 0.2) is 0 Å². The van der Waals surface area contributed by atoms with Gasteiger partial charge in [-0.15, -0.1) is 0 Å². The van der Waals surface area contributed by atoms with Gasteiger partial charge in [0.25, 0.3) is 0 Å². The molecule has 0 bridgehead atoms. The molecule has 8 rings (SSSR count). The highest BCUT2D eigenvalue weighted by molar-refractivity contribution is 6.02. The number of aromatic amines is 2. The van der Waals surface area contributed by atoms with Crippen molar-refractivity contribution in [1.82, 2.24) is 30.6 Å². The van der Waals surface area contributed by atoms with Crippen LogP contribution in [0.3, 0.4) is 0 Å². The molecule has 3 aliphatic rings. The van der Waals surface area contributed by atoms with Crippen LogP contribution in [0.2, 0.25) is 0 Å². The largest absolute Gasteiger partial charge is 0.453 e. The summed E-state index contributed by atoms with van der Waals surface area (Å²) in [4.78, 5) is 44.0. The number of nitrogens with one attached hydrogen (secondary N) is 4. The average molecular weight is 614 g/mol. The van der Waals surface area contributed by atoms with E-state index in [2.05, 4.69) is 86.2 Å². The summed E-state index contributed by atoms with van der Waals surface area (Å²) in [6.45, 7) is 1.05. The molecule has 46 heavy (non-hydrogen) atoms. The van der Waals surface area contributed by atoms with Crippen LogP contribution in [0.5, 0.6) is 0 Å². The molecule has 1 fully saturated rings. The fourth-order valence-electron chi connectivity index (χ4n) is 7.10. The Hall–Kier alpha value is -5.22. The van der Waals surface area contributed by atoms with Crippen molar-refractivity contribution in [2.24, 2.45) is 0 Å². The van der Waals surface area contributed by atoms with Gasteiger partial charge in [-0.2, -0.15) is 0 Å². The highest BCUT2D eigenvalue weighted by Crippen LogP contribution is 2.44. The molecule has 3 aromatic carbocycles. The van der Waals surface area contributed by atoms with Crippen molar-refractivity contribution < 1.29 is 14.3 Å². The molecule has 0 spiro atoms. The Morgan fingerprint density at radius 3 is 2.13 bits per heavy atom. The van der Waals surface area contributed by atoms with Crippen molar-refractivity contribution >= 4 is 17.7 Å². The maximum Gasteiger partial charge on any atom is 0.407 e. The minimum Gasteiger partial charge on any atom is -0.453 e. The third kappa shape index (κ3) is 5.04. The first-order valence-corrected chi connectivity index (χ1v) is 15.9. The number of carbonyl (C=O) groups is 2. The molecule has 3 atom stereocenters. The SMILES string of the molecule is COC(=O)NC1CCc2cccc3c2N(C1=O)C(c1ncc(-c2ccc(-c4ccc(-c5cnc(C6CCCN6)[nH]5)cc4)cc2)[nH]1)C3. The number of hydrogen-bond donors (Lipinski definition) is 4. The fourth-order valence-corrected chi connectivity index (χ4v) is 7.10. The van der Waals surface area contributed by atoms with Gasteiger partial charge in [0.1, 0.15) is 17.7 Å². The summed E-state index contributed by atoms with van der Waals surface area (Å²) < 4.78 is 4.80. The van der Waals surface area contributed by atoms with Gasteiger partial charge < -0.3 is 25.3 Å². The number of carbonyl (C=O) groups excluding carboxylic acids is 2. The second-order valence-corrected chi connectivity index (χ2v) is 12.2. The summed E-state index contributed by atoms with van der Waals surface area (Å²) >= 11 is 0. The van der Waals surface area contributed by atoms with E-state index in [0.29, 0.717) is 25.3 Å². The van der Waals surface area contributed by atoms with Gasteiger partial charge in [0, 0.05) is 6.42 Å². The zero-order valence-corrected chi connectivity index (χ0v) is 25.5. The maximum atomic E-state index is 13.8. The van der Waals surface area contributed by atoms with Crippen LogP contribution in [0.1, 0.15) is 54.1 Å². The number of aryl methyl sites for hydroxylation is 1. The van der Waals surface area contributed by atoms with Crippen LogP contribution in [0.25, 0.3) is 33.6 Å². The maximum absolute atomic E-state index is 13.8. The number of amides is 2. The number of aromatic nitrogens is 4. The van der Waals surface area contributed by atoms with Crippen LogP contribution in [-0.4, -0.2) is 51.6 Å². The quantitative estimate of drug-likeness (QED) is 0.190. The first-order valence-electron chi connectivity index (χ1n) is 15.9. The van der Waals surface area contributed by atoms with Crippen molar-refractivity contribution in [3.05, 3.63) is 102 Å². The molecule has 1 saturated heterocycles. The van der Waals surface area contributed by atoms with Gasteiger partial charge in [-0.3, -0.25) is 9.69 Å². The Morgan fingerprint density at radius 1 is 0.848 bits per heavy atom. The number of rotatable bonds is 6. The van der Waals surface area contributed by atoms with Crippen LogP contribution in [0.4, 0.5) is 10.5 Å². The van der Waals surface area contributed by atoms with E-state index in [1.54, 1.807) is 0 Å². The van der Waals surface area contributed by atoms with Gasteiger partial charge in [-0.05, 0) is 65.6 Å². The summed E-state index contributed by atoms with van der Waals surface area (Å²) in [5, 5.41) is 6.23. The third-order valence-electron chi connectivity index (χ3n) is 9.51. The number of ether oxygens (including phenoxy) is 1. The number of nitrogens with zero attached hydrogens (tertiary/aromatic N) is 3. The van der Waals surface area contributed by atoms with Gasteiger partial charge in [-0.25, -0.2) is 14.8 Å². The fraction of sp³-hybridized carbons (Fsp3) is 0.278. The highest BCUT2D eigenvalue weighted by Gasteiger charge is 2.42. The van der Waals surface area contributed by atoms with E-state index in [1.807, 2.05) is 23.4 Å². The number of H-pyrrole nitrogens is 2. The van der Waals surface area contributed by atoms with Crippen LogP contribution in [-0.2, 0) is 22.4 Å². The summed E-state index contributed by atoms with van der Waals surface area (Å²) in [7, 11) is 1.31. The van der Waals surface area contributed by atoms with Crippen LogP contribution in [0, 0.1) is 0 Å². The molecule has 10 heteroatoms. The molecule has 5 heterocycles. The number of para-hydroxylation sites is 1. The Morgan fingerprint density at radius 2 is 1.48 bits per heavy atom. The Labute approximate surface area is 266 Å². The van der Waals surface area contributed by atoms with Crippen molar-refractivity contribution in [2.45, 2.75) is 50.2 Å². The molecular formula is C36H35N7O3. The normalized spacial score (nSPS) is 20.4. The number of imidazole rings is 2. The topological polar surface area (TPSA) is 128 Å². The van der Waals surface area contributed by atoms with Gasteiger partial charge in [0.2, 0.25) is 5.91 Å². The third-order valence-corrected chi connectivity index (χ3v) is 9.51. The standard InChI is InChI=1S/C36H35N7O3/c1-46-36(45)42-28-16-15-25-4-2-5-26-18-31(43(32(25)26)35(28)44)34-39-20-30(41-34)24-13-9-22(10-14-24)21-7-11-23(12-8-21)29-19-38-33(40-29)27-6-3-17-37-27/h2,4-5,7-14,19-20,27-28,31,37H,3,6,15-18H2,1H3,(H,38,40)(H,39,41)(H,42,45). The Balaban J connectivity index is 1.00. The second-order valence-electron chi connectivity index (χ2n) is 12.2. The van der Waals surface area contributed by atoms with E-state index in [4.69, 9.17) is 9.72 Å². The van der Waals surface area contributed by atoms with E-state index in [9.17, 15) is 9.59 Å². The second kappa shape index (κ2) is 11.6. The summed E-state index contributed by atoms with van der Waals surface area (Å²) in [5.74, 6) is 1.58. The first-order chi connectivity index (χ1) is 22.6. The average Bonchev–Trinajstić information content (AvgIpc) is 3.91. The number of benzene rings is 3. The smallest absolute Gasteiger partial charge is 0.407 e. The molecular weight excluding hydrogens is 578 g/mol. The number of alkyl carbamates (subject to hydrolysis) is 1. The molecule has 5 aromatic rings. The number of methoxy groups -OCH3 is 1. The summed E-state index contributed by atoms with van der Waals surface area (Å²) in [6.07, 6.45) is 7.29. The van der Waals surface area contributed by atoms with Gasteiger partial charge in [0.05, 0.1) is 48.7 Å². The Bertz CT molecular complexity index is 1900. The van der Waals surface area contributed by atoms with Gasteiger partial charge >= 0.3 is 6.09 Å². The molecule has 4 N–H and O–H groups in total. The van der Waals surface area contributed by atoms with Crippen molar-refractivity contribution in [1.29, 1.82) is 0 Å². The molecule has 232 valence electrons. The number of anilines is 1. The monoisotopic (exact) mass is 613 g/mol. The molecule has 3 unspecified atom stereocenters. The summed E-state index contributed by atoms with van der Waals surface area (Å²) in [5.41, 5.74) is 9.44. The van der Waals surface area contributed by atoms with E-state index >= 15 is 0 Å². The molecule has 2 aromatic heterocycles. The molecule has 0 radical (unpaired) electrons. The lowest BCUT2D eigenvalue weighted by Gasteiger charge is -2.27. The zero-order chi connectivity index (χ0) is 31.2. The lowest BCUT2D eigenvalue weighted by Crippen LogP contribution is -2.48. The van der Waals surface area contributed by atoms with E-state index in [0.717, 1.165) is 75.1 Å². The van der Waals surface area contributed by atoms with E-state index in [1.165, 1.54) is 13.5 Å². The molecule has 10 nitrogen and oxygen atoms in total. The summed E-state index contributed by atoms with van der Waals surface area (Å²) in [6, 6.07) is 22.5. The minimum atomic E-state index is -0.671. The minimum absolute atomic E-state index is 0.147. The first kappa shape index (κ1) is 28.3. The predicted octanol–water partition coefficient (Wildman–Crippen LogP) is 5.86. The Kier molecular flexibility index (Phi) is 7.14. The lowest BCUT2D eigenvalue weighted by molar-refractivity contribution is -0.121. The molecule has 0 saturated carbocycles. The van der Waals surface area contributed by atoms with Crippen LogP contribution < -0.4 is 15.5 Å². The molecule has 3 aliphatic heterocycles. The predicted molar refractivity (Wildman–Crippen MR) is 175 cm³/mol. The molecule has 2 amide bonds. The number of hydrogen-bond acceptors (Lipinski definition) is 6. The van der Waals surface area contributed by atoms with Crippen molar-refractivity contribution in [2.75, 3.05) is 18.6 Å². The van der Waals surface area contributed by atoms with Crippen molar-refractivity contribution in [3.63, 3.8) is 0 Å². The highest BCUT2D eigenvalue weighted by atomic mass is 16.5. The molecule has 0 aliphatic carbocycles. The zero-order valence-electron chi connectivity index (χ0n) is 25.5. The van der Waals surface area contributed by atoms with Crippen LogP contribution >= 0.6 is 0 Å². The van der Waals surface area contributed by atoms with Gasteiger partial charge in [-0.1, -0.05) is 66.7 Å². The lowest BCUT2D eigenvalue weighted by atomic mass is 10.0. The van der Waals surface area contributed by atoms with E-state index < -0.39 is 12.1 Å². The van der Waals surface area contributed by atoms with E-state index in [-0.39, 0.29) is 11.9 Å².